The van der Waals surface area contributed by atoms with Crippen molar-refractivity contribution in [3.63, 3.8) is 0 Å². The van der Waals surface area contributed by atoms with Gasteiger partial charge in [-0.25, -0.2) is 9.97 Å². The number of hydrogen-bond donors (Lipinski definition) is 0. The van der Waals surface area contributed by atoms with Gasteiger partial charge in [-0.3, -0.25) is 4.99 Å². The van der Waals surface area contributed by atoms with Crippen molar-refractivity contribution in [2.24, 2.45) is 10.4 Å². The fraction of sp³-hybridized carbons (Fsp3) is 0.667. The Balaban J connectivity index is 1.27. The zero-order chi connectivity index (χ0) is 21.9. The molecule has 10 heteroatoms. The third kappa shape index (κ3) is 4.37. The first-order valence-corrected chi connectivity index (χ1v) is 12.3. The van der Waals surface area contributed by atoms with Gasteiger partial charge in [-0.15, -0.1) is 11.3 Å². The second-order valence-corrected chi connectivity index (χ2v) is 12.3. The number of aliphatic imine (C=N–C) groups is 1. The number of likely N-dealkylation sites (tertiary alicyclic amines) is 1. The number of halogens is 3. The van der Waals surface area contributed by atoms with E-state index in [0.29, 0.717) is 15.1 Å². The van der Waals surface area contributed by atoms with Crippen molar-refractivity contribution in [2.75, 3.05) is 37.6 Å². The highest BCUT2D eigenvalue weighted by atomic mass is 32.2. The van der Waals surface area contributed by atoms with E-state index in [1.54, 1.807) is 6.07 Å². The van der Waals surface area contributed by atoms with Crippen LogP contribution in [-0.2, 0) is 6.42 Å². The molecule has 0 N–H and O–H groups in total. The average Bonchev–Trinajstić information content (AvgIpc) is 3.37. The van der Waals surface area contributed by atoms with E-state index in [1.165, 1.54) is 17.9 Å². The first-order chi connectivity index (χ1) is 14.6. The number of aromatic nitrogens is 2. The fourth-order valence-corrected chi connectivity index (χ4v) is 6.92. The lowest BCUT2D eigenvalue weighted by Crippen LogP contribution is -2.42. The zero-order valence-corrected chi connectivity index (χ0v) is 19.3. The summed E-state index contributed by atoms with van der Waals surface area (Å²) < 4.78 is 38.7. The summed E-state index contributed by atoms with van der Waals surface area (Å²) in [5.41, 5.74) is 0.300. The Bertz CT molecular complexity index is 1010. The maximum atomic E-state index is 12.8. The highest BCUT2D eigenvalue weighted by Crippen LogP contribution is 2.45. The van der Waals surface area contributed by atoms with E-state index in [-0.39, 0.29) is 4.75 Å². The predicted molar refractivity (Wildman–Crippen MR) is 121 cm³/mol. The van der Waals surface area contributed by atoms with Crippen LogP contribution in [0.3, 0.4) is 0 Å². The Kier molecular flexibility index (Phi) is 5.16. The standard InChI is InChI=1S/C21H26F3N5S2/c1-19(2)11-25-18(31-19)29-8-5-20(12-29)3-6-28(7-4-20)16-15-9-14(10-21(22,23)24)30-17(15)27-13-26-16/h9,13H,3-8,10-12H2,1-2H3. The van der Waals surface area contributed by atoms with E-state index in [1.807, 2.05) is 11.8 Å². The van der Waals surface area contributed by atoms with Crippen LogP contribution in [0.25, 0.3) is 10.2 Å². The minimum atomic E-state index is -4.21. The van der Waals surface area contributed by atoms with Crippen LogP contribution >= 0.6 is 23.1 Å². The molecule has 2 aromatic rings. The molecule has 0 radical (unpaired) electrons. The van der Waals surface area contributed by atoms with Crippen molar-refractivity contribution in [2.45, 2.75) is 50.5 Å². The summed E-state index contributed by atoms with van der Waals surface area (Å²) in [5, 5.41) is 1.94. The summed E-state index contributed by atoms with van der Waals surface area (Å²) in [7, 11) is 0. The van der Waals surface area contributed by atoms with Gasteiger partial charge in [0.2, 0.25) is 0 Å². The zero-order valence-electron chi connectivity index (χ0n) is 17.7. The molecule has 5 rings (SSSR count). The lowest BCUT2D eigenvalue weighted by molar-refractivity contribution is -0.126. The molecule has 0 aliphatic carbocycles. The van der Waals surface area contributed by atoms with Gasteiger partial charge < -0.3 is 9.80 Å². The molecular weight excluding hydrogens is 443 g/mol. The van der Waals surface area contributed by atoms with E-state index < -0.39 is 12.6 Å². The molecule has 168 valence electrons. The third-order valence-electron chi connectivity index (χ3n) is 6.53. The quantitative estimate of drug-likeness (QED) is 0.621. The number of fused-ring (bicyclic) bond motifs is 1. The van der Waals surface area contributed by atoms with Crippen LogP contribution in [0.2, 0.25) is 0 Å². The van der Waals surface area contributed by atoms with Gasteiger partial charge >= 0.3 is 6.18 Å². The molecule has 0 amide bonds. The topological polar surface area (TPSA) is 44.6 Å². The van der Waals surface area contributed by atoms with Gasteiger partial charge in [-0.2, -0.15) is 13.2 Å². The van der Waals surface area contributed by atoms with Crippen LogP contribution in [0, 0.1) is 5.41 Å². The predicted octanol–water partition coefficient (Wildman–Crippen LogP) is 4.97. The summed E-state index contributed by atoms with van der Waals surface area (Å²) in [5.74, 6) is 0.775. The van der Waals surface area contributed by atoms with Crippen LogP contribution in [-0.4, -0.2) is 63.7 Å². The van der Waals surface area contributed by atoms with Crippen molar-refractivity contribution in [3.05, 3.63) is 17.3 Å². The number of nitrogens with zero attached hydrogens (tertiary/aromatic N) is 5. The lowest BCUT2D eigenvalue weighted by Gasteiger charge is -2.40. The molecule has 3 aliphatic rings. The number of amidine groups is 1. The molecule has 3 aliphatic heterocycles. The fourth-order valence-electron chi connectivity index (χ4n) is 4.86. The highest BCUT2D eigenvalue weighted by Gasteiger charge is 2.43. The third-order valence-corrected chi connectivity index (χ3v) is 8.82. The molecule has 0 unspecified atom stereocenters. The van der Waals surface area contributed by atoms with E-state index in [9.17, 15) is 13.2 Å². The van der Waals surface area contributed by atoms with Gasteiger partial charge in [0.25, 0.3) is 0 Å². The van der Waals surface area contributed by atoms with Crippen molar-refractivity contribution < 1.29 is 13.2 Å². The van der Waals surface area contributed by atoms with Gasteiger partial charge in [-0.05, 0) is 44.6 Å². The van der Waals surface area contributed by atoms with Gasteiger partial charge in [0.1, 0.15) is 17.0 Å². The molecule has 5 nitrogen and oxygen atoms in total. The molecule has 2 fully saturated rings. The monoisotopic (exact) mass is 469 g/mol. The smallest absolute Gasteiger partial charge is 0.356 e. The number of thioether (sulfide) groups is 1. The van der Waals surface area contributed by atoms with Gasteiger partial charge in [0.15, 0.2) is 5.17 Å². The van der Waals surface area contributed by atoms with E-state index >= 15 is 0 Å². The normalized spacial score (nSPS) is 23.2. The second kappa shape index (κ2) is 7.50. The maximum Gasteiger partial charge on any atom is 0.393 e. The Morgan fingerprint density at radius 1 is 1.06 bits per heavy atom. The Hall–Kier alpha value is -1.55. The molecule has 1 spiro atoms. The van der Waals surface area contributed by atoms with Crippen molar-refractivity contribution >= 4 is 44.3 Å². The van der Waals surface area contributed by atoms with E-state index in [2.05, 4.69) is 33.6 Å². The number of hydrogen-bond acceptors (Lipinski definition) is 7. The van der Waals surface area contributed by atoms with Crippen molar-refractivity contribution in [1.82, 2.24) is 14.9 Å². The maximum absolute atomic E-state index is 12.8. The summed E-state index contributed by atoms with van der Waals surface area (Å²) in [4.78, 5) is 19.1. The number of alkyl halides is 3. The number of thiophene rings is 1. The molecule has 2 saturated heterocycles. The Morgan fingerprint density at radius 2 is 1.77 bits per heavy atom. The molecule has 0 saturated carbocycles. The summed E-state index contributed by atoms with van der Waals surface area (Å²) in [6.45, 7) is 9.22. The Labute approximate surface area is 188 Å². The largest absolute Gasteiger partial charge is 0.393 e. The van der Waals surface area contributed by atoms with Gasteiger partial charge in [0.05, 0.1) is 18.4 Å². The molecule has 0 aromatic carbocycles. The Morgan fingerprint density at radius 3 is 2.42 bits per heavy atom. The van der Waals surface area contributed by atoms with Gasteiger partial charge in [-0.1, -0.05) is 11.8 Å². The molecule has 31 heavy (non-hydrogen) atoms. The summed E-state index contributed by atoms with van der Waals surface area (Å²) in [6, 6.07) is 1.63. The lowest BCUT2D eigenvalue weighted by atomic mass is 9.78. The molecule has 0 bridgehead atoms. The van der Waals surface area contributed by atoms with Crippen LogP contribution in [0.4, 0.5) is 19.0 Å². The number of piperidine rings is 1. The van der Waals surface area contributed by atoms with Crippen LogP contribution < -0.4 is 4.90 Å². The SMILES string of the molecule is CC1(C)CN=C(N2CCC3(CCN(c4ncnc5sc(CC(F)(F)F)cc45)CC3)C2)S1. The van der Waals surface area contributed by atoms with Crippen LogP contribution in [0.1, 0.15) is 38.0 Å². The van der Waals surface area contributed by atoms with Crippen LogP contribution in [0.15, 0.2) is 17.4 Å². The highest BCUT2D eigenvalue weighted by molar-refractivity contribution is 8.15. The summed E-state index contributed by atoms with van der Waals surface area (Å²) in [6.07, 6.45) is -0.340. The first-order valence-electron chi connectivity index (χ1n) is 10.7. The number of rotatable bonds is 2. The molecule has 5 heterocycles. The second-order valence-electron chi connectivity index (χ2n) is 9.54. The first kappa shape index (κ1) is 21.3. The van der Waals surface area contributed by atoms with Crippen molar-refractivity contribution in [1.29, 1.82) is 0 Å². The molecule has 0 atom stereocenters. The number of anilines is 1. The summed E-state index contributed by atoms with van der Waals surface area (Å²) >= 11 is 3.00. The van der Waals surface area contributed by atoms with E-state index in [4.69, 9.17) is 4.99 Å². The molecule has 2 aromatic heterocycles. The minimum absolute atomic E-state index is 0.193. The molecular formula is C21H26F3N5S2. The average molecular weight is 470 g/mol. The van der Waals surface area contributed by atoms with Gasteiger partial charge in [0, 0.05) is 35.8 Å². The van der Waals surface area contributed by atoms with E-state index in [0.717, 1.165) is 68.1 Å². The van der Waals surface area contributed by atoms with Crippen LogP contribution in [0.5, 0.6) is 0 Å². The minimum Gasteiger partial charge on any atom is -0.356 e. The van der Waals surface area contributed by atoms with Crippen molar-refractivity contribution in [3.8, 4) is 0 Å².